The molecule has 1 amide bonds. The first-order chi connectivity index (χ1) is 9.10. The molecule has 0 aliphatic rings. The van der Waals surface area contributed by atoms with Crippen molar-refractivity contribution in [2.45, 2.75) is 0 Å². The van der Waals surface area contributed by atoms with E-state index in [0.29, 0.717) is 25.3 Å². The molecule has 1 rings (SSSR count). The maximum atomic E-state index is 11.8. The Labute approximate surface area is 114 Å². The monoisotopic (exact) mass is 266 g/mol. The summed E-state index contributed by atoms with van der Waals surface area (Å²) in [6.07, 6.45) is 1.59. The summed E-state index contributed by atoms with van der Waals surface area (Å²) in [5.41, 5.74) is 6.16. The number of hydrogen-bond donors (Lipinski definition) is 1. The van der Waals surface area contributed by atoms with Crippen LogP contribution in [0.4, 0.5) is 5.82 Å². The molecule has 106 valence electrons. The van der Waals surface area contributed by atoms with Gasteiger partial charge in [0.25, 0.3) is 5.91 Å². The van der Waals surface area contributed by atoms with Crippen molar-refractivity contribution in [1.82, 2.24) is 9.88 Å². The SMILES string of the molecule is COCCN(CCN)c1ccc(C(=O)N(C)C)cn1. The molecule has 0 saturated heterocycles. The van der Waals surface area contributed by atoms with E-state index in [-0.39, 0.29) is 5.91 Å². The van der Waals surface area contributed by atoms with E-state index in [4.69, 9.17) is 10.5 Å². The average molecular weight is 266 g/mol. The Balaban J connectivity index is 2.79. The molecule has 0 unspecified atom stereocenters. The Bertz CT molecular complexity index is 392. The normalized spacial score (nSPS) is 10.3. The third kappa shape index (κ3) is 4.50. The van der Waals surface area contributed by atoms with E-state index in [0.717, 1.165) is 12.4 Å². The summed E-state index contributed by atoms with van der Waals surface area (Å²) in [4.78, 5) is 19.6. The predicted molar refractivity (Wildman–Crippen MR) is 75.4 cm³/mol. The molecule has 0 aliphatic heterocycles. The van der Waals surface area contributed by atoms with Crippen LogP contribution in [0.15, 0.2) is 18.3 Å². The summed E-state index contributed by atoms with van der Waals surface area (Å²) >= 11 is 0. The third-order valence-electron chi connectivity index (χ3n) is 2.69. The summed E-state index contributed by atoms with van der Waals surface area (Å²) in [5, 5.41) is 0. The zero-order valence-electron chi connectivity index (χ0n) is 11.8. The Morgan fingerprint density at radius 3 is 2.58 bits per heavy atom. The number of hydrogen-bond acceptors (Lipinski definition) is 5. The number of carbonyl (C=O) groups excluding carboxylic acids is 1. The number of anilines is 1. The lowest BCUT2D eigenvalue weighted by Gasteiger charge is -2.22. The summed E-state index contributed by atoms with van der Waals surface area (Å²) in [5.74, 6) is 0.749. The van der Waals surface area contributed by atoms with Gasteiger partial charge < -0.3 is 20.3 Å². The number of rotatable bonds is 7. The second-order valence-electron chi connectivity index (χ2n) is 4.37. The van der Waals surface area contributed by atoms with Crippen LogP contribution in [0.2, 0.25) is 0 Å². The first kappa shape index (κ1) is 15.4. The Kier molecular flexibility index (Phi) is 6.24. The van der Waals surface area contributed by atoms with Crippen molar-refractivity contribution in [2.24, 2.45) is 5.73 Å². The minimum absolute atomic E-state index is 0.0543. The Morgan fingerprint density at radius 2 is 2.11 bits per heavy atom. The number of ether oxygens (including phenoxy) is 1. The first-order valence-electron chi connectivity index (χ1n) is 6.21. The van der Waals surface area contributed by atoms with Crippen LogP contribution in [0.25, 0.3) is 0 Å². The van der Waals surface area contributed by atoms with E-state index < -0.39 is 0 Å². The topological polar surface area (TPSA) is 71.7 Å². The smallest absolute Gasteiger partial charge is 0.254 e. The number of carbonyl (C=O) groups is 1. The number of pyridine rings is 1. The number of nitrogens with two attached hydrogens (primary N) is 1. The number of amides is 1. The van der Waals surface area contributed by atoms with Crippen molar-refractivity contribution >= 4 is 11.7 Å². The molecule has 0 radical (unpaired) electrons. The molecular weight excluding hydrogens is 244 g/mol. The maximum Gasteiger partial charge on any atom is 0.254 e. The molecule has 1 aromatic rings. The highest BCUT2D eigenvalue weighted by atomic mass is 16.5. The number of nitrogens with zero attached hydrogens (tertiary/aromatic N) is 3. The van der Waals surface area contributed by atoms with Crippen molar-refractivity contribution in [3.63, 3.8) is 0 Å². The highest BCUT2D eigenvalue weighted by molar-refractivity contribution is 5.93. The molecule has 6 heteroatoms. The molecule has 0 fully saturated rings. The fourth-order valence-corrected chi connectivity index (χ4v) is 1.66. The van der Waals surface area contributed by atoms with Crippen molar-refractivity contribution in [2.75, 3.05) is 52.3 Å². The highest BCUT2D eigenvalue weighted by Gasteiger charge is 2.11. The van der Waals surface area contributed by atoms with Crippen LogP contribution in [0.1, 0.15) is 10.4 Å². The second kappa shape index (κ2) is 7.70. The van der Waals surface area contributed by atoms with Crippen LogP contribution in [-0.2, 0) is 4.74 Å². The largest absolute Gasteiger partial charge is 0.383 e. The third-order valence-corrected chi connectivity index (χ3v) is 2.69. The molecule has 19 heavy (non-hydrogen) atoms. The van der Waals surface area contributed by atoms with Crippen LogP contribution in [0, 0.1) is 0 Å². The molecule has 0 saturated carbocycles. The molecule has 0 spiro atoms. The Morgan fingerprint density at radius 1 is 1.37 bits per heavy atom. The van der Waals surface area contributed by atoms with E-state index in [1.165, 1.54) is 4.90 Å². The Hall–Kier alpha value is -1.66. The number of methoxy groups -OCH3 is 1. The minimum Gasteiger partial charge on any atom is -0.383 e. The van der Waals surface area contributed by atoms with E-state index in [2.05, 4.69) is 4.98 Å². The molecule has 0 aromatic carbocycles. The van der Waals surface area contributed by atoms with Gasteiger partial charge in [0.1, 0.15) is 5.82 Å². The molecule has 2 N–H and O–H groups in total. The number of aromatic nitrogens is 1. The van der Waals surface area contributed by atoms with Crippen molar-refractivity contribution in [3.8, 4) is 0 Å². The van der Waals surface area contributed by atoms with Gasteiger partial charge in [0.05, 0.1) is 12.2 Å². The van der Waals surface area contributed by atoms with E-state index in [9.17, 15) is 4.79 Å². The van der Waals surface area contributed by atoms with Crippen LogP contribution < -0.4 is 10.6 Å². The molecule has 0 bridgehead atoms. The van der Waals surface area contributed by atoms with Crippen molar-refractivity contribution in [1.29, 1.82) is 0 Å². The molecule has 1 heterocycles. The summed E-state index contributed by atoms with van der Waals surface area (Å²) in [7, 11) is 5.10. The van der Waals surface area contributed by atoms with Gasteiger partial charge in [-0.1, -0.05) is 0 Å². The van der Waals surface area contributed by atoms with Crippen molar-refractivity contribution < 1.29 is 9.53 Å². The minimum atomic E-state index is -0.0543. The van der Waals surface area contributed by atoms with Crippen LogP contribution in [0.5, 0.6) is 0 Å². The van der Waals surface area contributed by atoms with Crippen molar-refractivity contribution in [3.05, 3.63) is 23.9 Å². The van der Waals surface area contributed by atoms with Gasteiger partial charge >= 0.3 is 0 Å². The summed E-state index contributed by atoms with van der Waals surface area (Å²) in [6, 6.07) is 3.61. The standard InChI is InChI=1S/C13H22N4O2/c1-16(2)13(18)11-4-5-12(15-10-11)17(7-6-14)8-9-19-3/h4-5,10H,6-9,14H2,1-3H3. The van der Waals surface area contributed by atoms with E-state index >= 15 is 0 Å². The van der Waals surface area contributed by atoms with E-state index in [1.807, 2.05) is 11.0 Å². The fourth-order valence-electron chi connectivity index (χ4n) is 1.66. The quantitative estimate of drug-likeness (QED) is 0.763. The summed E-state index contributed by atoms with van der Waals surface area (Å²) in [6.45, 7) is 2.59. The fraction of sp³-hybridized carbons (Fsp3) is 0.538. The molecular formula is C13H22N4O2. The zero-order valence-corrected chi connectivity index (χ0v) is 11.8. The van der Waals surface area contributed by atoms with Gasteiger partial charge in [0.2, 0.25) is 0 Å². The second-order valence-corrected chi connectivity index (χ2v) is 4.37. The van der Waals surface area contributed by atoms with Gasteiger partial charge in [-0.05, 0) is 12.1 Å². The highest BCUT2D eigenvalue weighted by Crippen LogP contribution is 2.11. The van der Waals surface area contributed by atoms with Gasteiger partial charge in [0, 0.05) is 47.0 Å². The summed E-state index contributed by atoms with van der Waals surface area (Å²) < 4.78 is 5.06. The van der Waals surface area contributed by atoms with Gasteiger partial charge in [-0.15, -0.1) is 0 Å². The van der Waals surface area contributed by atoms with Gasteiger partial charge in [-0.3, -0.25) is 4.79 Å². The lowest BCUT2D eigenvalue weighted by atomic mass is 10.2. The van der Waals surface area contributed by atoms with Crippen LogP contribution >= 0.6 is 0 Å². The van der Waals surface area contributed by atoms with Crippen LogP contribution in [0.3, 0.4) is 0 Å². The molecule has 0 aliphatic carbocycles. The van der Waals surface area contributed by atoms with Gasteiger partial charge in [-0.2, -0.15) is 0 Å². The maximum absolute atomic E-state index is 11.8. The lowest BCUT2D eigenvalue weighted by Crippen LogP contribution is -2.33. The van der Waals surface area contributed by atoms with E-state index in [1.54, 1.807) is 33.5 Å². The predicted octanol–water partition coefficient (Wildman–Crippen LogP) is 0.195. The average Bonchev–Trinajstić information content (AvgIpc) is 2.42. The van der Waals surface area contributed by atoms with Gasteiger partial charge in [-0.25, -0.2) is 4.98 Å². The van der Waals surface area contributed by atoms with Gasteiger partial charge in [0.15, 0.2) is 0 Å². The lowest BCUT2D eigenvalue weighted by molar-refractivity contribution is 0.0827. The van der Waals surface area contributed by atoms with Crippen LogP contribution in [-0.4, -0.2) is 63.2 Å². The molecule has 1 aromatic heterocycles. The first-order valence-corrected chi connectivity index (χ1v) is 6.21. The molecule has 6 nitrogen and oxygen atoms in total. The zero-order chi connectivity index (χ0) is 14.3. The molecule has 0 atom stereocenters.